The lowest BCUT2D eigenvalue weighted by atomic mass is 9.54. The predicted molar refractivity (Wildman–Crippen MR) is 95.3 cm³/mol. The van der Waals surface area contributed by atoms with Crippen LogP contribution in [0.4, 0.5) is 0 Å². The third-order valence-electron chi connectivity index (χ3n) is 6.93. The third kappa shape index (κ3) is 2.64. The zero-order valence-electron chi connectivity index (χ0n) is 15.3. The molecule has 1 N–H and O–H groups in total. The Bertz CT molecular complexity index is 467. The summed E-state index contributed by atoms with van der Waals surface area (Å²) >= 11 is 0. The first kappa shape index (κ1) is 16.6. The molecule has 3 atom stereocenters. The maximum atomic E-state index is 6.11. The molecule has 24 heavy (non-hydrogen) atoms. The second kappa shape index (κ2) is 6.83. The van der Waals surface area contributed by atoms with Gasteiger partial charge >= 0.3 is 0 Å². The number of ether oxygens (including phenoxy) is 2. The average molecular weight is 335 g/mol. The highest BCUT2D eigenvalue weighted by molar-refractivity contribution is 5.80. The zero-order chi connectivity index (χ0) is 16.6. The van der Waals surface area contributed by atoms with E-state index in [2.05, 4.69) is 22.1 Å². The third-order valence-corrected chi connectivity index (χ3v) is 6.93. The van der Waals surface area contributed by atoms with E-state index in [-0.39, 0.29) is 0 Å². The van der Waals surface area contributed by atoms with Crippen LogP contribution in [-0.2, 0) is 9.47 Å². The Balaban J connectivity index is 1.40. The molecule has 0 amide bonds. The van der Waals surface area contributed by atoms with Gasteiger partial charge in [0.15, 0.2) is 5.96 Å². The van der Waals surface area contributed by atoms with Crippen LogP contribution in [0.5, 0.6) is 0 Å². The Labute approximate surface area is 146 Å². The van der Waals surface area contributed by atoms with Gasteiger partial charge in [-0.2, -0.15) is 0 Å². The number of guanidine groups is 1. The fourth-order valence-electron chi connectivity index (χ4n) is 5.81. The molecule has 4 fully saturated rings. The maximum absolute atomic E-state index is 6.11. The molecule has 0 aromatic rings. The van der Waals surface area contributed by atoms with Crippen LogP contribution < -0.4 is 5.32 Å². The summed E-state index contributed by atoms with van der Waals surface area (Å²) in [7, 11) is 1.93. The van der Waals surface area contributed by atoms with E-state index in [0.29, 0.717) is 29.6 Å². The fraction of sp³-hybridized carbons (Fsp3) is 0.947. The van der Waals surface area contributed by atoms with Crippen LogP contribution in [0, 0.1) is 11.3 Å². The topological polar surface area (TPSA) is 46.1 Å². The fourth-order valence-corrected chi connectivity index (χ4v) is 5.81. The number of fused-ring (bicyclic) bond motifs is 2. The number of piperidine rings is 1. The normalized spacial score (nSPS) is 36.0. The van der Waals surface area contributed by atoms with Crippen molar-refractivity contribution in [1.29, 1.82) is 0 Å². The van der Waals surface area contributed by atoms with Crippen molar-refractivity contribution in [3.8, 4) is 0 Å². The molecule has 0 aromatic carbocycles. The molecular formula is C19H33N3O2. The van der Waals surface area contributed by atoms with Gasteiger partial charge < -0.3 is 19.7 Å². The van der Waals surface area contributed by atoms with Crippen LogP contribution in [0.15, 0.2) is 4.99 Å². The number of rotatable bonds is 3. The van der Waals surface area contributed by atoms with Crippen LogP contribution in [-0.4, -0.2) is 62.5 Å². The minimum atomic E-state index is 0.390. The highest BCUT2D eigenvalue weighted by atomic mass is 16.5. The van der Waals surface area contributed by atoms with Gasteiger partial charge in [-0.15, -0.1) is 0 Å². The van der Waals surface area contributed by atoms with Crippen LogP contribution >= 0.6 is 0 Å². The van der Waals surface area contributed by atoms with Crippen molar-refractivity contribution in [2.45, 2.75) is 70.1 Å². The van der Waals surface area contributed by atoms with Crippen molar-refractivity contribution in [2.24, 2.45) is 16.3 Å². The van der Waals surface area contributed by atoms with Crippen LogP contribution in [0.1, 0.15) is 51.9 Å². The first-order valence-corrected chi connectivity index (χ1v) is 10.00. The van der Waals surface area contributed by atoms with Gasteiger partial charge in [0.25, 0.3) is 0 Å². The molecule has 2 heterocycles. The van der Waals surface area contributed by atoms with Gasteiger partial charge in [-0.3, -0.25) is 4.99 Å². The van der Waals surface area contributed by atoms with Crippen LogP contribution in [0.2, 0.25) is 0 Å². The molecule has 2 aliphatic heterocycles. The Morgan fingerprint density at radius 2 is 2.00 bits per heavy atom. The summed E-state index contributed by atoms with van der Waals surface area (Å²) in [5, 5.41) is 3.88. The molecule has 4 rings (SSSR count). The van der Waals surface area contributed by atoms with Crippen molar-refractivity contribution < 1.29 is 9.47 Å². The molecule has 0 radical (unpaired) electrons. The molecule has 4 aliphatic rings. The Morgan fingerprint density at radius 1 is 1.25 bits per heavy atom. The molecule has 2 saturated heterocycles. The van der Waals surface area contributed by atoms with E-state index in [1.165, 1.54) is 32.1 Å². The summed E-state index contributed by atoms with van der Waals surface area (Å²) in [6.45, 7) is 5.97. The van der Waals surface area contributed by atoms with Crippen molar-refractivity contribution in [3.05, 3.63) is 0 Å². The summed E-state index contributed by atoms with van der Waals surface area (Å²) in [6, 6.07) is 0.566. The molecular weight excluding hydrogens is 302 g/mol. The average Bonchev–Trinajstić information content (AvgIpc) is 3.25. The zero-order valence-corrected chi connectivity index (χ0v) is 15.3. The molecule has 0 aromatic heterocycles. The number of hydrogen-bond acceptors (Lipinski definition) is 3. The second-order valence-electron chi connectivity index (χ2n) is 8.00. The van der Waals surface area contributed by atoms with Gasteiger partial charge in [0.2, 0.25) is 0 Å². The van der Waals surface area contributed by atoms with E-state index >= 15 is 0 Å². The first-order chi connectivity index (χ1) is 11.8. The molecule has 1 spiro atoms. The first-order valence-electron chi connectivity index (χ1n) is 10.00. The summed E-state index contributed by atoms with van der Waals surface area (Å²) in [5.74, 6) is 1.80. The minimum Gasteiger partial charge on any atom is -0.378 e. The standard InChI is InChI=1S/C19H33N3O2/c1-3-23-14-6-11-22(12-7-14)18(20-2)21-16-15-8-13-24-17(15)19(16)9-4-5-10-19/h14-17H,3-13H2,1-2H3,(H,20,21). The number of aliphatic imine (C=N–C) groups is 1. The van der Waals surface area contributed by atoms with E-state index in [1.54, 1.807) is 0 Å². The van der Waals surface area contributed by atoms with Gasteiger partial charge in [-0.1, -0.05) is 12.8 Å². The highest BCUT2D eigenvalue weighted by Gasteiger charge is 2.65. The predicted octanol–water partition coefficient (Wildman–Crippen LogP) is 2.41. The Morgan fingerprint density at radius 3 is 2.67 bits per heavy atom. The lowest BCUT2D eigenvalue weighted by molar-refractivity contribution is -0.125. The molecule has 2 saturated carbocycles. The van der Waals surface area contributed by atoms with Gasteiger partial charge in [0.05, 0.1) is 12.2 Å². The highest BCUT2D eigenvalue weighted by Crippen LogP contribution is 2.60. The second-order valence-corrected chi connectivity index (χ2v) is 8.00. The van der Waals surface area contributed by atoms with Crippen molar-refractivity contribution in [3.63, 3.8) is 0 Å². The van der Waals surface area contributed by atoms with E-state index in [9.17, 15) is 0 Å². The van der Waals surface area contributed by atoms with E-state index in [0.717, 1.165) is 45.1 Å². The van der Waals surface area contributed by atoms with Gasteiger partial charge in [-0.25, -0.2) is 0 Å². The largest absolute Gasteiger partial charge is 0.378 e. The quantitative estimate of drug-likeness (QED) is 0.635. The minimum absolute atomic E-state index is 0.390. The molecule has 0 bridgehead atoms. The number of hydrogen-bond donors (Lipinski definition) is 1. The summed E-state index contributed by atoms with van der Waals surface area (Å²) < 4.78 is 11.9. The Kier molecular flexibility index (Phi) is 4.74. The lowest BCUT2D eigenvalue weighted by Gasteiger charge is -2.57. The van der Waals surface area contributed by atoms with E-state index < -0.39 is 0 Å². The number of nitrogens with one attached hydrogen (secondary N) is 1. The van der Waals surface area contributed by atoms with Gasteiger partial charge in [-0.05, 0) is 39.0 Å². The van der Waals surface area contributed by atoms with Crippen LogP contribution in [0.25, 0.3) is 0 Å². The van der Waals surface area contributed by atoms with Crippen molar-refractivity contribution in [1.82, 2.24) is 10.2 Å². The summed E-state index contributed by atoms with van der Waals surface area (Å²) in [6.07, 6.45) is 9.77. The molecule has 2 aliphatic carbocycles. The summed E-state index contributed by atoms with van der Waals surface area (Å²) in [5.41, 5.74) is 0.390. The van der Waals surface area contributed by atoms with Gasteiger partial charge in [0, 0.05) is 50.7 Å². The summed E-state index contributed by atoms with van der Waals surface area (Å²) in [4.78, 5) is 7.05. The van der Waals surface area contributed by atoms with Crippen molar-refractivity contribution >= 4 is 5.96 Å². The van der Waals surface area contributed by atoms with Gasteiger partial charge in [0.1, 0.15) is 0 Å². The van der Waals surface area contributed by atoms with E-state index in [4.69, 9.17) is 9.47 Å². The molecule has 136 valence electrons. The lowest BCUT2D eigenvalue weighted by Crippen LogP contribution is -2.69. The SMILES string of the molecule is CCOC1CCN(C(=NC)NC2C3CCOC3C23CCCC3)CC1. The molecule has 5 heteroatoms. The monoisotopic (exact) mass is 335 g/mol. The van der Waals surface area contributed by atoms with E-state index in [1.807, 2.05) is 7.05 Å². The number of nitrogens with zero attached hydrogens (tertiary/aromatic N) is 2. The maximum Gasteiger partial charge on any atom is 0.193 e. The van der Waals surface area contributed by atoms with Crippen LogP contribution in [0.3, 0.4) is 0 Å². The number of likely N-dealkylation sites (tertiary alicyclic amines) is 1. The smallest absolute Gasteiger partial charge is 0.193 e. The van der Waals surface area contributed by atoms with Crippen molar-refractivity contribution in [2.75, 3.05) is 33.4 Å². The molecule has 5 nitrogen and oxygen atoms in total. The Hall–Kier alpha value is -0.810. The molecule has 3 unspecified atom stereocenters.